The van der Waals surface area contributed by atoms with Gasteiger partial charge in [-0.1, -0.05) is 34.8 Å². The van der Waals surface area contributed by atoms with Crippen LogP contribution >= 0.6 is 46.4 Å². The molecule has 1 rings (SSSR count). The molecule has 1 amide bonds. The number of rotatable bonds is 4. The Hall–Kier alpha value is -0.150. The topological polar surface area (TPSA) is 29.1 Å². The molecule has 0 radical (unpaired) electrons. The molecular weight excluding hydrogens is 292 g/mol. The second-order valence-electron chi connectivity index (χ2n) is 3.09. The van der Waals surface area contributed by atoms with Gasteiger partial charge >= 0.3 is 0 Å². The number of benzene rings is 1. The van der Waals surface area contributed by atoms with Crippen molar-refractivity contribution >= 4 is 58.0 Å². The lowest BCUT2D eigenvalue weighted by Crippen LogP contribution is -2.12. The summed E-state index contributed by atoms with van der Waals surface area (Å²) < 4.78 is 0. The van der Waals surface area contributed by atoms with Gasteiger partial charge in [0.25, 0.3) is 0 Å². The minimum absolute atomic E-state index is 0.174. The first-order chi connectivity index (χ1) is 7.54. The van der Waals surface area contributed by atoms with E-state index in [1.54, 1.807) is 0 Å². The third-order valence-corrected chi connectivity index (χ3v) is 2.89. The van der Waals surface area contributed by atoms with Gasteiger partial charge < -0.3 is 5.32 Å². The van der Waals surface area contributed by atoms with Crippen LogP contribution in [-0.2, 0) is 4.79 Å². The van der Waals surface area contributed by atoms with Crippen LogP contribution in [0.15, 0.2) is 12.1 Å². The molecule has 6 heteroatoms. The number of anilines is 1. The molecule has 1 N–H and O–H groups in total. The quantitative estimate of drug-likeness (QED) is 0.809. The maximum Gasteiger partial charge on any atom is 0.224 e. The van der Waals surface area contributed by atoms with E-state index in [1.165, 1.54) is 12.1 Å². The van der Waals surface area contributed by atoms with Crippen molar-refractivity contribution < 1.29 is 4.79 Å². The Balaban J connectivity index is 2.77. The molecule has 0 aliphatic heterocycles. The highest BCUT2D eigenvalue weighted by atomic mass is 35.5. The number of alkyl halides is 1. The Morgan fingerprint density at radius 2 is 1.75 bits per heavy atom. The van der Waals surface area contributed by atoms with Gasteiger partial charge in [0.15, 0.2) is 0 Å². The summed E-state index contributed by atoms with van der Waals surface area (Å²) in [5.41, 5.74) is 0.382. The molecule has 0 fully saturated rings. The summed E-state index contributed by atoms with van der Waals surface area (Å²) in [4.78, 5) is 11.4. The van der Waals surface area contributed by atoms with Gasteiger partial charge in [-0.3, -0.25) is 4.79 Å². The summed E-state index contributed by atoms with van der Waals surface area (Å²) in [6.07, 6.45) is 0.939. The minimum atomic E-state index is -0.174. The van der Waals surface area contributed by atoms with E-state index in [-0.39, 0.29) is 5.91 Å². The highest BCUT2D eigenvalue weighted by molar-refractivity contribution is 6.42. The molecule has 2 nitrogen and oxygen atoms in total. The number of nitrogens with one attached hydrogen (secondary N) is 1. The van der Waals surface area contributed by atoms with Crippen LogP contribution in [0.3, 0.4) is 0 Å². The van der Waals surface area contributed by atoms with E-state index in [9.17, 15) is 4.79 Å². The zero-order valence-electron chi connectivity index (χ0n) is 8.20. The standard InChI is InChI=1S/C10H9Cl4NO/c11-3-1-2-9(16)15-10-7(13)4-6(12)5-8(10)14/h4-5H,1-3H2,(H,15,16). The summed E-state index contributed by atoms with van der Waals surface area (Å²) in [6.45, 7) is 0. The Kier molecular flexibility index (Phi) is 5.70. The van der Waals surface area contributed by atoms with E-state index >= 15 is 0 Å². The molecule has 0 heterocycles. The first-order valence-corrected chi connectivity index (χ1v) is 6.22. The summed E-state index contributed by atoms with van der Waals surface area (Å²) >= 11 is 23.0. The Morgan fingerprint density at radius 1 is 1.19 bits per heavy atom. The molecule has 0 aromatic heterocycles. The third-order valence-electron chi connectivity index (χ3n) is 1.81. The molecule has 0 aliphatic carbocycles. The lowest BCUT2D eigenvalue weighted by molar-refractivity contribution is -0.116. The predicted molar refractivity (Wildman–Crippen MR) is 70.1 cm³/mol. The molecular formula is C10H9Cl4NO. The first kappa shape index (κ1) is 13.9. The molecule has 0 unspecified atom stereocenters. The highest BCUT2D eigenvalue weighted by Gasteiger charge is 2.10. The van der Waals surface area contributed by atoms with Crippen molar-refractivity contribution in [1.82, 2.24) is 0 Å². The molecule has 0 atom stereocenters. The van der Waals surface area contributed by atoms with Gasteiger partial charge in [0.1, 0.15) is 0 Å². The first-order valence-electron chi connectivity index (χ1n) is 4.55. The summed E-state index contributed by atoms with van der Waals surface area (Å²) in [6, 6.07) is 3.04. The fourth-order valence-electron chi connectivity index (χ4n) is 1.09. The average molecular weight is 301 g/mol. The van der Waals surface area contributed by atoms with Gasteiger partial charge in [-0.25, -0.2) is 0 Å². The molecule has 16 heavy (non-hydrogen) atoms. The van der Waals surface area contributed by atoms with Crippen LogP contribution in [0.1, 0.15) is 12.8 Å². The van der Waals surface area contributed by atoms with E-state index in [1.807, 2.05) is 0 Å². The van der Waals surface area contributed by atoms with E-state index in [0.717, 1.165) is 0 Å². The monoisotopic (exact) mass is 299 g/mol. The maximum atomic E-state index is 11.4. The molecule has 0 saturated heterocycles. The van der Waals surface area contributed by atoms with Crippen LogP contribution in [0.25, 0.3) is 0 Å². The van der Waals surface area contributed by atoms with Crippen molar-refractivity contribution in [3.63, 3.8) is 0 Å². The van der Waals surface area contributed by atoms with Gasteiger partial charge in [0.05, 0.1) is 15.7 Å². The minimum Gasteiger partial charge on any atom is -0.324 e. The zero-order valence-corrected chi connectivity index (χ0v) is 11.2. The lowest BCUT2D eigenvalue weighted by Gasteiger charge is -2.09. The Morgan fingerprint density at radius 3 is 2.25 bits per heavy atom. The van der Waals surface area contributed by atoms with Gasteiger partial charge in [0.2, 0.25) is 5.91 Å². The van der Waals surface area contributed by atoms with Crippen LogP contribution in [0, 0.1) is 0 Å². The van der Waals surface area contributed by atoms with Crippen molar-refractivity contribution in [3.8, 4) is 0 Å². The molecule has 0 spiro atoms. The number of carbonyl (C=O) groups excluding carboxylic acids is 1. The average Bonchev–Trinajstić information content (AvgIpc) is 2.20. The van der Waals surface area contributed by atoms with Crippen LogP contribution in [0.4, 0.5) is 5.69 Å². The van der Waals surface area contributed by atoms with Crippen LogP contribution in [-0.4, -0.2) is 11.8 Å². The van der Waals surface area contributed by atoms with E-state index in [4.69, 9.17) is 46.4 Å². The van der Waals surface area contributed by atoms with Crippen molar-refractivity contribution in [1.29, 1.82) is 0 Å². The predicted octanol–water partition coefficient (Wildman–Crippen LogP) is 4.60. The second kappa shape index (κ2) is 6.55. The number of hydrogen-bond acceptors (Lipinski definition) is 1. The molecule has 0 bridgehead atoms. The van der Waals surface area contributed by atoms with Gasteiger partial charge in [0, 0.05) is 17.3 Å². The maximum absolute atomic E-state index is 11.4. The van der Waals surface area contributed by atoms with Crippen LogP contribution in [0.2, 0.25) is 15.1 Å². The fourth-order valence-corrected chi connectivity index (χ4v) is 2.14. The summed E-state index contributed by atoms with van der Waals surface area (Å²) in [5.74, 6) is 0.266. The Bertz CT molecular complexity index is 371. The largest absolute Gasteiger partial charge is 0.324 e. The number of amides is 1. The molecule has 1 aromatic carbocycles. The van der Waals surface area contributed by atoms with Gasteiger partial charge in [-0.2, -0.15) is 0 Å². The van der Waals surface area contributed by atoms with Gasteiger partial charge in [-0.15, -0.1) is 11.6 Å². The van der Waals surface area contributed by atoms with Crippen LogP contribution in [0.5, 0.6) is 0 Å². The Labute approximate surface area is 114 Å². The normalized spacial score (nSPS) is 10.2. The molecule has 88 valence electrons. The SMILES string of the molecule is O=C(CCCCl)Nc1c(Cl)cc(Cl)cc1Cl. The number of hydrogen-bond donors (Lipinski definition) is 1. The van der Waals surface area contributed by atoms with Crippen molar-refractivity contribution in [3.05, 3.63) is 27.2 Å². The third kappa shape index (κ3) is 4.02. The van der Waals surface area contributed by atoms with E-state index in [0.29, 0.717) is 39.5 Å². The van der Waals surface area contributed by atoms with Crippen molar-refractivity contribution in [2.24, 2.45) is 0 Å². The van der Waals surface area contributed by atoms with Crippen molar-refractivity contribution in [2.45, 2.75) is 12.8 Å². The highest BCUT2D eigenvalue weighted by Crippen LogP contribution is 2.33. The second-order valence-corrected chi connectivity index (χ2v) is 4.71. The smallest absolute Gasteiger partial charge is 0.224 e. The summed E-state index contributed by atoms with van der Waals surface area (Å²) in [7, 11) is 0. The molecule has 0 aliphatic rings. The number of halogens is 4. The van der Waals surface area contributed by atoms with E-state index < -0.39 is 0 Å². The fraction of sp³-hybridized carbons (Fsp3) is 0.300. The molecule has 1 aromatic rings. The van der Waals surface area contributed by atoms with Crippen molar-refractivity contribution in [2.75, 3.05) is 11.2 Å². The number of carbonyl (C=O) groups is 1. The zero-order chi connectivity index (χ0) is 12.1. The lowest BCUT2D eigenvalue weighted by atomic mass is 10.2. The molecule has 0 saturated carbocycles. The summed E-state index contributed by atoms with van der Waals surface area (Å²) in [5, 5.41) is 3.68. The van der Waals surface area contributed by atoms with Crippen LogP contribution < -0.4 is 5.32 Å². The van der Waals surface area contributed by atoms with E-state index in [2.05, 4.69) is 5.32 Å². The van der Waals surface area contributed by atoms with Gasteiger partial charge in [-0.05, 0) is 18.6 Å².